The van der Waals surface area contributed by atoms with Crippen molar-refractivity contribution >= 4 is 51.6 Å². The van der Waals surface area contributed by atoms with Gasteiger partial charge in [-0.1, -0.05) is 35.6 Å². The number of para-hydroxylation sites is 1. The van der Waals surface area contributed by atoms with Crippen molar-refractivity contribution in [2.45, 2.75) is 40.3 Å². The molecule has 196 valence electrons. The first kappa shape index (κ1) is 25.9. The molecule has 0 N–H and O–H groups in total. The number of rotatable bonds is 7. The van der Waals surface area contributed by atoms with Gasteiger partial charge in [0.25, 0.3) is 5.56 Å². The Hall–Kier alpha value is -3.76. The van der Waals surface area contributed by atoms with Crippen LogP contribution < -0.4 is 14.9 Å². The molecule has 4 aromatic rings. The second-order valence-electron chi connectivity index (χ2n) is 8.73. The van der Waals surface area contributed by atoms with Crippen LogP contribution in [0.4, 0.5) is 0 Å². The number of aromatic nitrogens is 2. The van der Waals surface area contributed by atoms with Crippen LogP contribution in [0.5, 0.6) is 0 Å². The van der Waals surface area contributed by atoms with E-state index < -0.39 is 12.0 Å². The second kappa shape index (κ2) is 10.5. The molecule has 5 rings (SSSR count). The Kier molecular flexibility index (Phi) is 7.18. The number of thiazole rings is 1. The summed E-state index contributed by atoms with van der Waals surface area (Å²) in [4.78, 5) is 45.2. The van der Waals surface area contributed by atoms with E-state index in [9.17, 15) is 14.4 Å². The van der Waals surface area contributed by atoms with Gasteiger partial charge < -0.3 is 14.0 Å². The molecule has 1 aliphatic heterocycles. The number of benzene rings is 1. The zero-order valence-electron chi connectivity index (χ0n) is 21.5. The predicted octanol–water partition coefficient (Wildman–Crippen LogP) is 3.69. The Morgan fingerprint density at radius 1 is 1.08 bits per heavy atom. The molecule has 0 spiro atoms. The van der Waals surface area contributed by atoms with Gasteiger partial charge >= 0.3 is 11.9 Å². The number of hydrogen-bond donors (Lipinski definition) is 0. The van der Waals surface area contributed by atoms with Gasteiger partial charge in [0.05, 0.1) is 29.0 Å². The third kappa shape index (κ3) is 4.43. The van der Waals surface area contributed by atoms with E-state index in [2.05, 4.69) is 4.99 Å². The van der Waals surface area contributed by atoms with E-state index in [0.29, 0.717) is 27.2 Å². The quantitative estimate of drug-likeness (QED) is 0.328. The van der Waals surface area contributed by atoms with E-state index in [4.69, 9.17) is 9.47 Å². The summed E-state index contributed by atoms with van der Waals surface area (Å²) in [7, 11) is 0. The molecule has 3 aromatic heterocycles. The fourth-order valence-corrected chi connectivity index (χ4v) is 6.67. The van der Waals surface area contributed by atoms with Gasteiger partial charge in [-0.25, -0.2) is 9.79 Å². The summed E-state index contributed by atoms with van der Waals surface area (Å²) < 4.78 is 14.5. The summed E-state index contributed by atoms with van der Waals surface area (Å²) in [5, 5.41) is 2.85. The first-order valence-electron chi connectivity index (χ1n) is 12.3. The Morgan fingerprint density at radius 2 is 1.84 bits per heavy atom. The van der Waals surface area contributed by atoms with Crippen LogP contribution in [-0.2, 0) is 25.6 Å². The maximum atomic E-state index is 13.9. The van der Waals surface area contributed by atoms with E-state index in [1.54, 1.807) is 25.3 Å². The summed E-state index contributed by atoms with van der Waals surface area (Å²) in [5.41, 5.74) is 3.26. The Morgan fingerprint density at radius 3 is 2.55 bits per heavy atom. The summed E-state index contributed by atoms with van der Waals surface area (Å²) >= 11 is 2.76. The summed E-state index contributed by atoms with van der Waals surface area (Å²) in [6.07, 6.45) is 1.86. The monoisotopic (exact) mass is 549 g/mol. The van der Waals surface area contributed by atoms with Gasteiger partial charge in [0.15, 0.2) is 4.80 Å². The van der Waals surface area contributed by atoms with Crippen molar-refractivity contribution in [2.24, 2.45) is 4.99 Å². The summed E-state index contributed by atoms with van der Waals surface area (Å²) in [6, 6.07) is 11.0. The van der Waals surface area contributed by atoms with Crippen molar-refractivity contribution in [3.63, 3.8) is 0 Å². The molecule has 1 aliphatic rings. The Bertz CT molecular complexity index is 1760. The Labute approximate surface area is 226 Å². The maximum Gasteiger partial charge on any atom is 0.338 e. The van der Waals surface area contributed by atoms with Gasteiger partial charge in [0.1, 0.15) is 12.6 Å². The van der Waals surface area contributed by atoms with E-state index in [1.807, 2.05) is 59.3 Å². The van der Waals surface area contributed by atoms with Crippen LogP contribution in [0, 0.1) is 6.92 Å². The number of ether oxygens (including phenoxy) is 2. The summed E-state index contributed by atoms with van der Waals surface area (Å²) in [5.74, 6) is -0.792. The highest BCUT2D eigenvalue weighted by atomic mass is 32.1. The molecule has 0 amide bonds. The first-order chi connectivity index (χ1) is 18.3. The van der Waals surface area contributed by atoms with Gasteiger partial charge in [-0.15, -0.1) is 11.3 Å². The highest BCUT2D eigenvalue weighted by Gasteiger charge is 2.34. The van der Waals surface area contributed by atoms with Crippen LogP contribution in [-0.4, -0.2) is 34.3 Å². The molecule has 0 saturated carbocycles. The molecule has 4 heterocycles. The second-order valence-corrected chi connectivity index (χ2v) is 10.7. The molecule has 1 unspecified atom stereocenters. The molecular formula is C28H27N3O5S2. The van der Waals surface area contributed by atoms with Gasteiger partial charge in [-0.2, -0.15) is 0 Å². The van der Waals surface area contributed by atoms with Crippen molar-refractivity contribution in [1.29, 1.82) is 0 Å². The largest absolute Gasteiger partial charge is 0.465 e. The first-order valence-corrected chi connectivity index (χ1v) is 14.0. The van der Waals surface area contributed by atoms with Crippen LogP contribution in [0.1, 0.15) is 42.9 Å². The average molecular weight is 550 g/mol. The van der Waals surface area contributed by atoms with Crippen LogP contribution in [0.25, 0.3) is 17.0 Å². The van der Waals surface area contributed by atoms with Gasteiger partial charge in [-0.3, -0.25) is 14.2 Å². The van der Waals surface area contributed by atoms with E-state index in [1.165, 1.54) is 22.7 Å². The molecule has 8 nitrogen and oxygen atoms in total. The van der Waals surface area contributed by atoms with Crippen molar-refractivity contribution in [3.05, 3.63) is 88.9 Å². The molecule has 0 aliphatic carbocycles. The lowest BCUT2D eigenvalue weighted by Gasteiger charge is -2.23. The number of nitrogens with zero attached hydrogens (tertiary/aromatic N) is 3. The van der Waals surface area contributed by atoms with Crippen molar-refractivity contribution in [3.8, 4) is 0 Å². The predicted molar refractivity (Wildman–Crippen MR) is 148 cm³/mol. The number of carbonyl (C=O) groups excluding carboxylic acids is 2. The highest BCUT2D eigenvalue weighted by Crippen LogP contribution is 2.33. The van der Waals surface area contributed by atoms with Crippen molar-refractivity contribution < 1.29 is 19.1 Å². The molecule has 38 heavy (non-hydrogen) atoms. The topological polar surface area (TPSA) is 91.9 Å². The number of hydrogen-bond acceptors (Lipinski definition) is 8. The van der Waals surface area contributed by atoms with Crippen LogP contribution in [0.3, 0.4) is 0 Å². The van der Waals surface area contributed by atoms with E-state index in [-0.39, 0.29) is 24.7 Å². The zero-order valence-corrected chi connectivity index (χ0v) is 23.1. The van der Waals surface area contributed by atoms with Crippen molar-refractivity contribution in [1.82, 2.24) is 9.13 Å². The molecule has 1 atom stereocenters. The fraction of sp³-hybridized carbons (Fsp3) is 0.286. The molecule has 1 aromatic carbocycles. The molecule has 0 bridgehead atoms. The van der Waals surface area contributed by atoms with Crippen LogP contribution >= 0.6 is 22.7 Å². The third-order valence-electron chi connectivity index (χ3n) is 6.48. The lowest BCUT2D eigenvalue weighted by atomic mass is 10.0. The van der Waals surface area contributed by atoms with E-state index >= 15 is 0 Å². The normalized spacial score (nSPS) is 15.5. The average Bonchev–Trinajstić information content (AvgIpc) is 3.59. The minimum atomic E-state index is -0.612. The van der Waals surface area contributed by atoms with Gasteiger partial charge in [0.2, 0.25) is 0 Å². The minimum Gasteiger partial charge on any atom is -0.465 e. The number of thiophene rings is 1. The van der Waals surface area contributed by atoms with Crippen LogP contribution in [0.15, 0.2) is 62.8 Å². The number of fused-ring (bicyclic) bond motifs is 2. The van der Waals surface area contributed by atoms with Gasteiger partial charge in [0, 0.05) is 27.0 Å². The minimum absolute atomic E-state index is 0.0791. The molecule has 10 heteroatoms. The molecule has 0 saturated heterocycles. The third-order valence-corrected chi connectivity index (χ3v) is 8.39. The molecular weight excluding hydrogens is 522 g/mol. The highest BCUT2D eigenvalue weighted by molar-refractivity contribution is 7.10. The number of carbonyl (C=O) groups is 2. The maximum absolute atomic E-state index is 13.9. The molecule has 0 radical (unpaired) electrons. The number of esters is 2. The smallest absolute Gasteiger partial charge is 0.338 e. The van der Waals surface area contributed by atoms with Gasteiger partial charge in [-0.05, 0) is 51.3 Å². The fourth-order valence-electron chi connectivity index (χ4n) is 4.82. The SMILES string of the molecule is CCOC(=O)Cn1c(C)c(C=c2sc3n(c2=O)C(c2cccs2)C(C(=O)OCC)=C(C)N=3)c2ccccc21. The molecule has 0 fully saturated rings. The van der Waals surface area contributed by atoms with Crippen molar-refractivity contribution in [2.75, 3.05) is 13.2 Å². The summed E-state index contributed by atoms with van der Waals surface area (Å²) in [6.45, 7) is 7.86. The number of allylic oxidation sites excluding steroid dienone is 1. The lowest BCUT2D eigenvalue weighted by Crippen LogP contribution is -2.39. The zero-order chi connectivity index (χ0) is 27.0. The van der Waals surface area contributed by atoms with Crippen LogP contribution in [0.2, 0.25) is 0 Å². The lowest BCUT2D eigenvalue weighted by molar-refractivity contribution is -0.143. The standard InChI is InChI=1S/C28H27N3O5S2/c1-5-35-23(32)15-30-17(4)19(18-10-7-8-11-20(18)30)14-22-26(33)31-25(21-12-9-13-37-21)24(27(34)36-6-2)16(3)29-28(31)38-22/h7-14,25H,5-6,15H2,1-4H3. The Balaban J connectivity index is 1.71. The van der Waals surface area contributed by atoms with E-state index in [0.717, 1.165) is 27.0 Å².